The minimum atomic E-state index is 0.178. The van der Waals surface area contributed by atoms with Gasteiger partial charge in [-0.15, -0.1) is 0 Å². The fourth-order valence-corrected chi connectivity index (χ4v) is 3.59. The molecule has 0 bridgehead atoms. The first-order chi connectivity index (χ1) is 9.54. The van der Waals surface area contributed by atoms with Gasteiger partial charge in [0.1, 0.15) is 0 Å². The van der Waals surface area contributed by atoms with Gasteiger partial charge in [0, 0.05) is 31.0 Å². The first-order valence-electron chi connectivity index (χ1n) is 7.95. The standard InChI is InChI=1S/C17H29N3/c1-5-16(18)17(15-6-8-19-9-7-15)20-11-12(2)10-13(3)14(20)4/h6-9,12-14,16-17H,5,10-11,18H2,1-4H3. The van der Waals surface area contributed by atoms with Gasteiger partial charge in [0.05, 0.1) is 6.04 Å². The highest BCUT2D eigenvalue weighted by molar-refractivity contribution is 5.18. The smallest absolute Gasteiger partial charge is 0.0503 e. The van der Waals surface area contributed by atoms with Gasteiger partial charge in [-0.05, 0) is 49.3 Å². The summed E-state index contributed by atoms with van der Waals surface area (Å²) in [4.78, 5) is 6.77. The van der Waals surface area contributed by atoms with E-state index >= 15 is 0 Å². The van der Waals surface area contributed by atoms with Gasteiger partial charge in [0.25, 0.3) is 0 Å². The monoisotopic (exact) mass is 275 g/mol. The summed E-state index contributed by atoms with van der Waals surface area (Å²) in [5.41, 5.74) is 7.78. The summed E-state index contributed by atoms with van der Waals surface area (Å²) in [5.74, 6) is 1.47. The predicted octanol–water partition coefficient (Wildman–Crippen LogP) is 3.23. The summed E-state index contributed by atoms with van der Waals surface area (Å²) in [6.45, 7) is 10.4. The van der Waals surface area contributed by atoms with Crippen molar-refractivity contribution < 1.29 is 0 Å². The molecule has 20 heavy (non-hydrogen) atoms. The molecule has 0 radical (unpaired) electrons. The molecule has 0 amide bonds. The Morgan fingerprint density at radius 1 is 1.30 bits per heavy atom. The van der Waals surface area contributed by atoms with Crippen LogP contribution >= 0.6 is 0 Å². The molecule has 2 rings (SSSR count). The zero-order chi connectivity index (χ0) is 14.7. The normalized spacial score (nSPS) is 30.9. The molecular formula is C17H29N3. The molecule has 1 fully saturated rings. The maximum atomic E-state index is 6.47. The van der Waals surface area contributed by atoms with Crippen LogP contribution in [0.3, 0.4) is 0 Å². The van der Waals surface area contributed by atoms with Crippen LogP contribution in [0.25, 0.3) is 0 Å². The summed E-state index contributed by atoms with van der Waals surface area (Å²) in [5, 5.41) is 0. The Morgan fingerprint density at radius 2 is 1.95 bits per heavy atom. The van der Waals surface area contributed by atoms with E-state index in [1.165, 1.54) is 12.0 Å². The van der Waals surface area contributed by atoms with Gasteiger partial charge in [-0.3, -0.25) is 9.88 Å². The lowest BCUT2D eigenvalue weighted by Gasteiger charge is -2.47. The zero-order valence-electron chi connectivity index (χ0n) is 13.3. The molecule has 112 valence electrons. The second-order valence-electron chi connectivity index (χ2n) is 6.55. The molecule has 3 nitrogen and oxygen atoms in total. The lowest BCUT2D eigenvalue weighted by molar-refractivity contribution is 0.0287. The summed E-state index contributed by atoms with van der Waals surface area (Å²) in [7, 11) is 0. The first kappa shape index (κ1) is 15.5. The van der Waals surface area contributed by atoms with Gasteiger partial charge in [0.15, 0.2) is 0 Å². The topological polar surface area (TPSA) is 42.1 Å². The highest BCUT2D eigenvalue weighted by Gasteiger charge is 2.36. The molecular weight excluding hydrogens is 246 g/mol. The van der Waals surface area contributed by atoms with Crippen LogP contribution in [0.4, 0.5) is 0 Å². The van der Waals surface area contributed by atoms with Crippen LogP contribution in [0.2, 0.25) is 0 Å². The largest absolute Gasteiger partial charge is 0.326 e. The highest BCUT2D eigenvalue weighted by Crippen LogP contribution is 2.35. The molecule has 0 aliphatic carbocycles. The number of hydrogen-bond donors (Lipinski definition) is 1. The van der Waals surface area contributed by atoms with Crippen LogP contribution in [0, 0.1) is 11.8 Å². The van der Waals surface area contributed by atoms with E-state index in [-0.39, 0.29) is 6.04 Å². The first-order valence-corrected chi connectivity index (χ1v) is 7.95. The Labute approximate surface area is 123 Å². The van der Waals surface area contributed by atoms with Gasteiger partial charge in [-0.2, -0.15) is 0 Å². The predicted molar refractivity (Wildman–Crippen MR) is 84.4 cm³/mol. The SMILES string of the molecule is CCC(N)C(c1ccncc1)N1CC(C)CC(C)C1C. The molecule has 0 spiro atoms. The fraction of sp³-hybridized carbons (Fsp3) is 0.706. The maximum absolute atomic E-state index is 6.47. The average Bonchev–Trinajstić information content (AvgIpc) is 2.45. The van der Waals surface area contributed by atoms with Gasteiger partial charge < -0.3 is 5.73 Å². The number of likely N-dealkylation sites (tertiary alicyclic amines) is 1. The van der Waals surface area contributed by atoms with Crippen molar-refractivity contribution in [1.29, 1.82) is 0 Å². The number of hydrogen-bond acceptors (Lipinski definition) is 3. The lowest BCUT2D eigenvalue weighted by atomic mass is 9.83. The van der Waals surface area contributed by atoms with Crippen molar-refractivity contribution in [3.8, 4) is 0 Å². The minimum Gasteiger partial charge on any atom is -0.326 e. The zero-order valence-corrected chi connectivity index (χ0v) is 13.3. The van der Waals surface area contributed by atoms with Crippen molar-refractivity contribution in [2.75, 3.05) is 6.54 Å². The van der Waals surface area contributed by atoms with E-state index in [0.717, 1.165) is 24.8 Å². The number of aromatic nitrogens is 1. The molecule has 1 saturated heterocycles. The van der Waals surface area contributed by atoms with E-state index in [4.69, 9.17) is 5.73 Å². The second kappa shape index (κ2) is 6.68. The van der Waals surface area contributed by atoms with Crippen molar-refractivity contribution in [3.63, 3.8) is 0 Å². The van der Waals surface area contributed by atoms with Crippen LogP contribution in [-0.2, 0) is 0 Å². The van der Waals surface area contributed by atoms with E-state index in [2.05, 4.69) is 49.7 Å². The summed E-state index contributed by atoms with van der Waals surface area (Å²) in [6.07, 6.45) is 6.08. The fourth-order valence-electron chi connectivity index (χ4n) is 3.59. The lowest BCUT2D eigenvalue weighted by Crippen LogP contribution is -2.52. The van der Waals surface area contributed by atoms with Crippen LogP contribution in [0.15, 0.2) is 24.5 Å². The highest BCUT2D eigenvalue weighted by atomic mass is 15.2. The molecule has 1 aromatic rings. The Hall–Kier alpha value is -0.930. The molecule has 2 N–H and O–H groups in total. The average molecular weight is 275 g/mol. The van der Waals surface area contributed by atoms with Crippen molar-refractivity contribution in [3.05, 3.63) is 30.1 Å². The molecule has 0 aromatic carbocycles. The third kappa shape index (κ3) is 3.21. The second-order valence-corrected chi connectivity index (χ2v) is 6.55. The molecule has 2 heterocycles. The van der Waals surface area contributed by atoms with Gasteiger partial charge in [-0.25, -0.2) is 0 Å². The third-order valence-electron chi connectivity index (χ3n) is 4.93. The van der Waals surface area contributed by atoms with Crippen molar-refractivity contribution >= 4 is 0 Å². The maximum Gasteiger partial charge on any atom is 0.0503 e. The van der Waals surface area contributed by atoms with E-state index in [9.17, 15) is 0 Å². The van der Waals surface area contributed by atoms with E-state index in [1.54, 1.807) is 0 Å². The molecule has 1 aliphatic heterocycles. The number of rotatable bonds is 4. The van der Waals surface area contributed by atoms with Crippen molar-refractivity contribution in [2.45, 2.75) is 58.7 Å². The minimum absolute atomic E-state index is 0.178. The molecule has 1 aromatic heterocycles. The van der Waals surface area contributed by atoms with Gasteiger partial charge in [-0.1, -0.05) is 20.8 Å². The van der Waals surface area contributed by atoms with Crippen LogP contribution in [-0.4, -0.2) is 28.5 Å². The van der Waals surface area contributed by atoms with E-state index in [1.807, 2.05) is 12.4 Å². The molecule has 5 atom stereocenters. The summed E-state index contributed by atoms with van der Waals surface area (Å²) in [6, 6.07) is 5.32. The van der Waals surface area contributed by atoms with Crippen molar-refractivity contribution in [2.24, 2.45) is 17.6 Å². The molecule has 5 unspecified atom stereocenters. The van der Waals surface area contributed by atoms with Crippen LogP contribution < -0.4 is 5.73 Å². The summed E-state index contributed by atoms with van der Waals surface area (Å²) < 4.78 is 0. The number of nitrogens with zero attached hydrogens (tertiary/aromatic N) is 2. The molecule has 1 aliphatic rings. The molecule has 3 heteroatoms. The quantitative estimate of drug-likeness (QED) is 0.917. The van der Waals surface area contributed by atoms with Gasteiger partial charge in [0.2, 0.25) is 0 Å². The van der Waals surface area contributed by atoms with E-state index in [0.29, 0.717) is 12.1 Å². The third-order valence-corrected chi connectivity index (χ3v) is 4.93. The Kier molecular flexibility index (Phi) is 5.17. The van der Waals surface area contributed by atoms with Crippen molar-refractivity contribution in [1.82, 2.24) is 9.88 Å². The number of piperidine rings is 1. The van der Waals surface area contributed by atoms with E-state index < -0.39 is 0 Å². The van der Waals surface area contributed by atoms with Crippen LogP contribution in [0.5, 0.6) is 0 Å². The van der Waals surface area contributed by atoms with Gasteiger partial charge >= 0.3 is 0 Å². The summed E-state index contributed by atoms with van der Waals surface area (Å²) >= 11 is 0. The Balaban J connectivity index is 2.31. The molecule has 0 saturated carbocycles. The number of pyridine rings is 1. The Bertz CT molecular complexity index is 406. The van der Waals surface area contributed by atoms with Crippen LogP contribution in [0.1, 0.15) is 52.1 Å². The Morgan fingerprint density at radius 3 is 2.55 bits per heavy atom. The number of nitrogens with two attached hydrogens (primary N) is 1.